The van der Waals surface area contributed by atoms with E-state index in [0.29, 0.717) is 12.5 Å². The third-order valence-electron chi connectivity index (χ3n) is 2.80. The molecule has 0 radical (unpaired) electrons. The smallest absolute Gasteiger partial charge is 0.321 e. The van der Waals surface area contributed by atoms with Crippen LogP contribution in [0.2, 0.25) is 0 Å². The fourth-order valence-corrected chi connectivity index (χ4v) is 2.26. The molecule has 1 atom stereocenters. The number of halogens is 1. The van der Waals surface area contributed by atoms with E-state index in [9.17, 15) is 4.79 Å². The van der Waals surface area contributed by atoms with Crippen molar-refractivity contribution in [2.24, 2.45) is 5.92 Å². The van der Waals surface area contributed by atoms with Gasteiger partial charge in [0.05, 0.1) is 13.7 Å². The molecule has 1 saturated carbocycles. The fourth-order valence-electron chi connectivity index (χ4n) is 1.89. The molecule has 1 fully saturated rings. The molecule has 0 aromatic carbocycles. The molecule has 88 valence electrons. The van der Waals surface area contributed by atoms with Gasteiger partial charge in [-0.15, -0.1) is 0 Å². The molecule has 1 rings (SSSR count). The Balaban J connectivity index is 2.07. The lowest BCUT2D eigenvalue weighted by atomic mass is 9.90. The predicted molar refractivity (Wildman–Crippen MR) is 62.1 cm³/mol. The van der Waals surface area contributed by atoms with Crippen LogP contribution in [0.4, 0.5) is 0 Å². The molecule has 1 aliphatic rings. The number of hydrogen-bond donors (Lipinski definition) is 0. The van der Waals surface area contributed by atoms with E-state index >= 15 is 0 Å². The van der Waals surface area contributed by atoms with Crippen molar-refractivity contribution in [2.45, 2.75) is 36.9 Å². The van der Waals surface area contributed by atoms with E-state index in [4.69, 9.17) is 4.74 Å². The number of alkyl halides is 1. The summed E-state index contributed by atoms with van der Waals surface area (Å²) in [6.45, 7) is 1.18. The van der Waals surface area contributed by atoms with E-state index in [2.05, 4.69) is 20.7 Å². The zero-order chi connectivity index (χ0) is 11.1. The number of rotatable bonds is 5. The Hall–Kier alpha value is -0.0900. The van der Waals surface area contributed by atoms with E-state index in [1.165, 1.54) is 39.2 Å². The van der Waals surface area contributed by atoms with Crippen LogP contribution in [0.3, 0.4) is 0 Å². The van der Waals surface area contributed by atoms with Gasteiger partial charge in [-0.25, -0.2) is 0 Å². The van der Waals surface area contributed by atoms with Crippen molar-refractivity contribution in [2.75, 3.05) is 20.3 Å². The fraction of sp³-hybridized carbons (Fsp3) is 0.909. The number of ether oxygens (including phenoxy) is 2. The van der Waals surface area contributed by atoms with Gasteiger partial charge in [-0.3, -0.25) is 4.79 Å². The lowest BCUT2D eigenvalue weighted by Gasteiger charge is -2.21. The molecular formula is C11H19BrO3. The lowest BCUT2D eigenvalue weighted by Crippen LogP contribution is -2.23. The van der Waals surface area contributed by atoms with Crippen LogP contribution in [0.5, 0.6) is 0 Å². The molecule has 0 bridgehead atoms. The third kappa shape index (κ3) is 4.98. The van der Waals surface area contributed by atoms with E-state index in [0.717, 1.165) is 6.61 Å². The van der Waals surface area contributed by atoms with Gasteiger partial charge in [0, 0.05) is 6.61 Å². The van der Waals surface area contributed by atoms with E-state index in [-0.39, 0.29) is 10.8 Å². The van der Waals surface area contributed by atoms with Crippen molar-refractivity contribution < 1.29 is 14.3 Å². The number of methoxy groups -OCH3 is 1. The van der Waals surface area contributed by atoms with Crippen LogP contribution in [-0.4, -0.2) is 31.1 Å². The molecule has 0 amide bonds. The van der Waals surface area contributed by atoms with Gasteiger partial charge in [0.2, 0.25) is 0 Å². The van der Waals surface area contributed by atoms with Crippen LogP contribution in [0.15, 0.2) is 0 Å². The van der Waals surface area contributed by atoms with Crippen molar-refractivity contribution in [3.05, 3.63) is 0 Å². The molecule has 0 aromatic heterocycles. The summed E-state index contributed by atoms with van der Waals surface area (Å²) in [5.41, 5.74) is 0. The van der Waals surface area contributed by atoms with Crippen LogP contribution in [0.25, 0.3) is 0 Å². The molecule has 1 unspecified atom stereocenters. The first-order chi connectivity index (χ1) is 7.24. The normalized spacial score (nSPS) is 19.9. The van der Waals surface area contributed by atoms with Gasteiger partial charge in [-0.1, -0.05) is 35.2 Å². The Morgan fingerprint density at radius 1 is 1.40 bits per heavy atom. The first-order valence-corrected chi connectivity index (χ1v) is 6.45. The summed E-state index contributed by atoms with van der Waals surface area (Å²) in [6, 6.07) is 0. The van der Waals surface area contributed by atoms with E-state index < -0.39 is 0 Å². The highest BCUT2D eigenvalue weighted by molar-refractivity contribution is 9.10. The number of hydrogen-bond acceptors (Lipinski definition) is 3. The molecule has 3 nitrogen and oxygen atoms in total. The molecule has 0 spiro atoms. The molecular weight excluding hydrogens is 260 g/mol. The monoisotopic (exact) mass is 278 g/mol. The van der Waals surface area contributed by atoms with Crippen LogP contribution in [0.1, 0.15) is 32.1 Å². The van der Waals surface area contributed by atoms with Crippen LogP contribution in [-0.2, 0) is 14.3 Å². The maximum absolute atomic E-state index is 11.0. The van der Waals surface area contributed by atoms with Crippen LogP contribution in [0, 0.1) is 5.92 Å². The van der Waals surface area contributed by atoms with Gasteiger partial charge in [0.15, 0.2) is 0 Å². The van der Waals surface area contributed by atoms with Crippen molar-refractivity contribution in [1.29, 1.82) is 0 Å². The maximum atomic E-state index is 11.0. The second-order valence-corrected chi connectivity index (χ2v) is 5.14. The molecule has 0 heterocycles. The lowest BCUT2D eigenvalue weighted by molar-refractivity contribution is -0.141. The second-order valence-electron chi connectivity index (χ2n) is 4.03. The predicted octanol–water partition coefficient (Wildman–Crippen LogP) is 2.52. The van der Waals surface area contributed by atoms with Gasteiger partial charge in [-0.05, 0) is 18.8 Å². The van der Waals surface area contributed by atoms with Crippen molar-refractivity contribution in [3.8, 4) is 0 Å². The summed E-state index contributed by atoms with van der Waals surface area (Å²) in [4.78, 5) is 10.7. The number of carbonyl (C=O) groups is 1. The van der Waals surface area contributed by atoms with Crippen molar-refractivity contribution >= 4 is 21.9 Å². The van der Waals surface area contributed by atoms with Crippen molar-refractivity contribution in [1.82, 2.24) is 0 Å². The minimum atomic E-state index is -0.328. The standard InChI is InChI=1S/C11H19BrO3/c1-14-11(13)10(12)8-15-7-9-5-3-2-4-6-9/h9-10H,2-8H2,1H3. The highest BCUT2D eigenvalue weighted by atomic mass is 79.9. The SMILES string of the molecule is COC(=O)C(Br)COCC1CCCCC1. The summed E-state index contributed by atoms with van der Waals surface area (Å²) in [7, 11) is 1.39. The quantitative estimate of drug-likeness (QED) is 0.573. The summed E-state index contributed by atoms with van der Waals surface area (Å²) < 4.78 is 10.1. The average Bonchev–Trinajstić information content (AvgIpc) is 2.29. The number of carbonyl (C=O) groups excluding carboxylic acids is 1. The van der Waals surface area contributed by atoms with Crippen LogP contribution < -0.4 is 0 Å². The molecule has 0 aromatic rings. The van der Waals surface area contributed by atoms with Gasteiger partial charge >= 0.3 is 5.97 Å². The Bertz CT molecular complexity index is 190. The van der Waals surface area contributed by atoms with Gasteiger partial charge in [0.25, 0.3) is 0 Å². The second kappa shape index (κ2) is 7.23. The Kier molecular flexibility index (Phi) is 6.25. The van der Waals surface area contributed by atoms with Gasteiger partial charge < -0.3 is 9.47 Å². The largest absolute Gasteiger partial charge is 0.468 e. The minimum Gasteiger partial charge on any atom is -0.468 e. The third-order valence-corrected chi connectivity index (χ3v) is 3.44. The summed E-state index contributed by atoms with van der Waals surface area (Å²) >= 11 is 3.23. The summed E-state index contributed by atoms with van der Waals surface area (Å²) in [5, 5.41) is 0. The molecule has 4 heteroatoms. The Morgan fingerprint density at radius 3 is 2.67 bits per heavy atom. The Labute approximate surface area is 99.6 Å². The summed E-state index contributed by atoms with van der Waals surface area (Å²) in [6.07, 6.45) is 6.54. The minimum absolute atomic E-state index is 0.265. The summed E-state index contributed by atoms with van der Waals surface area (Å²) in [5.74, 6) is 0.426. The zero-order valence-corrected chi connectivity index (χ0v) is 10.8. The molecule has 1 aliphatic carbocycles. The average molecular weight is 279 g/mol. The van der Waals surface area contributed by atoms with Gasteiger partial charge in [0.1, 0.15) is 4.83 Å². The molecule has 0 saturated heterocycles. The first-order valence-electron chi connectivity index (χ1n) is 5.53. The molecule has 0 N–H and O–H groups in total. The zero-order valence-electron chi connectivity index (χ0n) is 9.21. The highest BCUT2D eigenvalue weighted by Gasteiger charge is 2.17. The molecule has 0 aliphatic heterocycles. The number of esters is 1. The molecule has 15 heavy (non-hydrogen) atoms. The topological polar surface area (TPSA) is 35.5 Å². The Morgan fingerprint density at radius 2 is 2.07 bits per heavy atom. The van der Waals surface area contributed by atoms with E-state index in [1.54, 1.807) is 0 Å². The van der Waals surface area contributed by atoms with E-state index in [1.807, 2.05) is 0 Å². The van der Waals surface area contributed by atoms with Crippen LogP contribution >= 0.6 is 15.9 Å². The van der Waals surface area contributed by atoms with Crippen molar-refractivity contribution in [3.63, 3.8) is 0 Å². The first kappa shape index (κ1) is 13.0. The van der Waals surface area contributed by atoms with Gasteiger partial charge in [-0.2, -0.15) is 0 Å². The maximum Gasteiger partial charge on any atom is 0.321 e. The highest BCUT2D eigenvalue weighted by Crippen LogP contribution is 2.23.